The van der Waals surface area contributed by atoms with Gasteiger partial charge in [-0.25, -0.2) is 13.1 Å². The lowest BCUT2D eigenvalue weighted by atomic mass is 10.1. The zero-order chi connectivity index (χ0) is 14.0. The van der Waals surface area contributed by atoms with Crippen molar-refractivity contribution in [2.45, 2.75) is 37.1 Å². The van der Waals surface area contributed by atoms with Crippen LogP contribution in [0, 0.1) is 12.8 Å². The molecule has 4 nitrogen and oxygen atoms in total. The van der Waals surface area contributed by atoms with Gasteiger partial charge in [0.05, 0.1) is 4.90 Å². The molecule has 0 aliphatic heterocycles. The Bertz CT molecular complexity index is 565. The molecule has 1 aliphatic carbocycles. The molecule has 0 saturated heterocycles. The normalized spacial score (nSPS) is 22.6. The number of benzene rings is 1. The van der Waals surface area contributed by atoms with E-state index >= 15 is 0 Å². The van der Waals surface area contributed by atoms with Crippen molar-refractivity contribution in [1.82, 2.24) is 4.72 Å². The van der Waals surface area contributed by atoms with Gasteiger partial charge in [0.25, 0.3) is 0 Å². The molecule has 1 saturated carbocycles. The molecular formula is C13H20BrClN2O2S. The summed E-state index contributed by atoms with van der Waals surface area (Å²) in [6.07, 6.45) is 2.91. The predicted molar refractivity (Wildman–Crippen MR) is 86.6 cm³/mol. The van der Waals surface area contributed by atoms with Crippen molar-refractivity contribution < 1.29 is 8.42 Å². The minimum atomic E-state index is -3.46. The number of halogens is 2. The molecule has 0 aromatic heterocycles. The fourth-order valence-corrected chi connectivity index (χ4v) is 4.69. The van der Waals surface area contributed by atoms with E-state index in [2.05, 4.69) is 20.7 Å². The average molecular weight is 384 g/mol. The SMILES string of the molecule is Cc1cc(Br)ccc1S(=O)(=O)NC1CCCC1CN.Cl. The van der Waals surface area contributed by atoms with Crippen LogP contribution in [-0.4, -0.2) is 21.0 Å². The molecule has 2 rings (SSSR count). The van der Waals surface area contributed by atoms with Gasteiger partial charge in [-0.05, 0) is 56.0 Å². The molecule has 0 amide bonds. The highest BCUT2D eigenvalue weighted by molar-refractivity contribution is 9.10. The molecule has 3 N–H and O–H groups in total. The summed E-state index contributed by atoms with van der Waals surface area (Å²) in [5.41, 5.74) is 6.43. The van der Waals surface area contributed by atoms with E-state index in [1.165, 1.54) is 0 Å². The van der Waals surface area contributed by atoms with Crippen molar-refractivity contribution in [1.29, 1.82) is 0 Å². The molecule has 7 heteroatoms. The Hall–Kier alpha value is -0.140. The van der Waals surface area contributed by atoms with Crippen molar-refractivity contribution in [3.8, 4) is 0 Å². The van der Waals surface area contributed by atoms with E-state index in [0.717, 1.165) is 29.3 Å². The predicted octanol–water partition coefficient (Wildman–Crippen LogP) is 2.59. The molecule has 0 bridgehead atoms. The van der Waals surface area contributed by atoms with Crippen LogP contribution in [0.1, 0.15) is 24.8 Å². The fourth-order valence-electron chi connectivity index (χ4n) is 2.65. The number of aryl methyl sites for hydroxylation is 1. The molecule has 2 unspecified atom stereocenters. The highest BCUT2D eigenvalue weighted by Gasteiger charge is 2.30. The summed E-state index contributed by atoms with van der Waals surface area (Å²) >= 11 is 3.34. The molecule has 1 aromatic rings. The second kappa shape index (κ2) is 7.22. The van der Waals surface area contributed by atoms with E-state index < -0.39 is 10.0 Å². The Kier molecular flexibility index (Phi) is 6.47. The number of nitrogens with two attached hydrogens (primary N) is 1. The van der Waals surface area contributed by atoms with Crippen LogP contribution < -0.4 is 10.5 Å². The Morgan fingerprint density at radius 2 is 2.10 bits per heavy atom. The lowest BCUT2D eigenvalue weighted by Gasteiger charge is -2.20. The third kappa shape index (κ3) is 3.95. The Labute approximate surface area is 135 Å². The number of hydrogen-bond acceptors (Lipinski definition) is 3. The van der Waals surface area contributed by atoms with Crippen LogP contribution in [0.4, 0.5) is 0 Å². The van der Waals surface area contributed by atoms with Crippen LogP contribution in [0.5, 0.6) is 0 Å². The first-order valence-electron chi connectivity index (χ1n) is 6.42. The number of rotatable bonds is 4. The summed E-state index contributed by atoms with van der Waals surface area (Å²) in [7, 11) is -3.46. The van der Waals surface area contributed by atoms with Crippen LogP contribution in [-0.2, 0) is 10.0 Å². The van der Waals surface area contributed by atoms with Gasteiger partial charge in [-0.1, -0.05) is 22.4 Å². The lowest BCUT2D eigenvalue weighted by molar-refractivity contribution is 0.452. The first-order chi connectivity index (χ1) is 8.94. The molecular weight excluding hydrogens is 364 g/mol. The third-order valence-electron chi connectivity index (χ3n) is 3.69. The highest BCUT2D eigenvalue weighted by Crippen LogP contribution is 2.27. The summed E-state index contributed by atoms with van der Waals surface area (Å²) in [5, 5.41) is 0. The Morgan fingerprint density at radius 3 is 2.70 bits per heavy atom. The van der Waals surface area contributed by atoms with Crippen molar-refractivity contribution in [3.63, 3.8) is 0 Å². The van der Waals surface area contributed by atoms with Gasteiger partial charge < -0.3 is 5.73 Å². The number of nitrogens with one attached hydrogen (secondary N) is 1. The molecule has 1 aliphatic rings. The molecule has 1 aromatic carbocycles. The maximum absolute atomic E-state index is 12.4. The quantitative estimate of drug-likeness (QED) is 0.839. The maximum Gasteiger partial charge on any atom is 0.241 e. The number of hydrogen-bond donors (Lipinski definition) is 2. The third-order valence-corrected chi connectivity index (χ3v) is 5.84. The lowest BCUT2D eigenvalue weighted by Crippen LogP contribution is -2.40. The van der Waals surface area contributed by atoms with Gasteiger partial charge in [-0.2, -0.15) is 0 Å². The van der Waals surface area contributed by atoms with E-state index in [1.807, 2.05) is 6.07 Å². The van der Waals surface area contributed by atoms with Crippen LogP contribution in [0.25, 0.3) is 0 Å². The second-order valence-corrected chi connectivity index (χ2v) is 7.66. The molecule has 2 atom stereocenters. The van der Waals surface area contributed by atoms with Crippen LogP contribution in [0.2, 0.25) is 0 Å². The molecule has 20 heavy (non-hydrogen) atoms. The van der Waals surface area contributed by atoms with Crippen molar-refractivity contribution in [2.24, 2.45) is 11.7 Å². The van der Waals surface area contributed by atoms with E-state index in [4.69, 9.17) is 5.73 Å². The molecule has 114 valence electrons. The van der Waals surface area contributed by atoms with Gasteiger partial charge >= 0.3 is 0 Å². The van der Waals surface area contributed by atoms with Crippen molar-refractivity contribution >= 4 is 38.4 Å². The van der Waals surface area contributed by atoms with Crippen molar-refractivity contribution in [3.05, 3.63) is 28.2 Å². The zero-order valence-electron chi connectivity index (χ0n) is 11.3. The van der Waals surface area contributed by atoms with Crippen LogP contribution in [0.15, 0.2) is 27.6 Å². The molecule has 0 spiro atoms. The summed E-state index contributed by atoms with van der Waals surface area (Å²) in [6.45, 7) is 2.33. The van der Waals surface area contributed by atoms with E-state index in [9.17, 15) is 8.42 Å². The largest absolute Gasteiger partial charge is 0.330 e. The highest BCUT2D eigenvalue weighted by atomic mass is 79.9. The average Bonchev–Trinajstić information content (AvgIpc) is 2.74. The first kappa shape index (κ1) is 17.9. The summed E-state index contributed by atoms with van der Waals surface area (Å²) in [5.74, 6) is 0.255. The van der Waals surface area contributed by atoms with Gasteiger partial charge in [-0.15, -0.1) is 12.4 Å². The minimum Gasteiger partial charge on any atom is -0.330 e. The Balaban J connectivity index is 0.00000200. The molecule has 0 heterocycles. The van der Waals surface area contributed by atoms with Gasteiger partial charge in [0, 0.05) is 10.5 Å². The van der Waals surface area contributed by atoms with E-state index in [0.29, 0.717) is 11.4 Å². The topological polar surface area (TPSA) is 72.2 Å². The van der Waals surface area contributed by atoms with Gasteiger partial charge in [0.15, 0.2) is 0 Å². The van der Waals surface area contributed by atoms with E-state index in [-0.39, 0.29) is 24.4 Å². The zero-order valence-corrected chi connectivity index (χ0v) is 14.5. The molecule has 1 fully saturated rings. The van der Waals surface area contributed by atoms with Crippen LogP contribution in [0.3, 0.4) is 0 Å². The van der Waals surface area contributed by atoms with Gasteiger partial charge in [0.2, 0.25) is 10.0 Å². The summed E-state index contributed by atoms with van der Waals surface area (Å²) in [6, 6.07) is 5.16. The monoisotopic (exact) mass is 382 g/mol. The van der Waals surface area contributed by atoms with E-state index in [1.54, 1.807) is 19.1 Å². The fraction of sp³-hybridized carbons (Fsp3) is 0.538. The molecule has 0 radical (unpaired) electrons. The number of sulfonamides is 1. The second-order valence-electron chi connectivity index (χ2n) is 5.06. The summed E-state index contributed by atoms with van der Waals surface area (Å²) in [4.78, 5) is 0.346. The smallest absolute Gasteiger partial charge is 0.241 e. The van der Waals surface area contributed by atoms with Crippen LogP contribution >= 0.6 is 28.3 Å². The minimum absolute atomic E-state index is 0. The van der Waals surface area contributed by atoms with Gasteiger partial charge in [0.1, 0.15) is 0 Å². The van der Waals surface area contributed by atoms with Crippen molar-refractivity contribution in [2.75, 3.05) is 6.54 Å². The standard InChI is InChI=1S/C13H19BrN2O2S.ClH/c1-9-7-11(14)5-6-13(9)19(17,18)16-12-4-2-3-10(12)8-15;/h5-7,10,12,16H,2-4,8,15H2,1H3;1H. The maximum atomic E-state index is 12.4. The Morgan fingerprint density at radius 1 is 1.40 bits per heavy atom. The summed E-state index contributed by atoms with van der Waals surface area (Å²) < 4.78 is 28.5. The first-order valence-corrected chi connectivity index (χ1v) is 8.70. The van der Waals surface area contributed by atoms with Gasteiger partial charge in [-0.3, -0.25) is 0 Å².